The number of ether oxygens (including phenoxy) is 2. The average molecular weight is 281 g/mol. The first-order valence-corrected chi connectivity index (χ1v) is 5.19. The summed E-state index contributed by atoms with van der Waals surface area (Å²) < 4.78 is 45.6. The number of aromatic nitrogens is 1. The maximum Gasteiger partial charge on any atom is 0.573 e. The van der Waals surface area contributed by atoms with Crippen molar-refractivity contribution in [3.63, 3.8) is 0 Å². The first-order valence-electron chi connectivity index (χ1n) is 4.66. The molecular formula is C10H8ClF3N2O2. The molecule has 0 fully saturated rings. The molecule has 4 nitrogen and oxygen atoms in total. The number of halogens is 4. The van der Waals surface area contributed by atoms with E-state index < -0.39 is 12.1 Å². The molecule has 0 atom stereocenters. The van der Waals surface area contributed by atoms with Crippen molar-refractivity contribution in [2.75, 3.05) is 7.11 Å². The van der Waals surface area contributed by atoms with Crippen LogP contribution in [0.15, 0.2) is 6.20 Å². The number of nitriles is 1. The topological polar surface area (TPSA) is 55.1 Å². The maximum absolute atomic E-state index is 12.3. The van der Waals surface area contributed by atoms with Crippen LogP contribution in [0.5, 0.6) is 11.5 Å². The van der Waals surface area contributed by atoms with Gasteiger partial charge in [-0.2, -0.15) is 5.26 Å². The number of hydrogen-bond donors (Lipinski definition) is 0. The lowest BCUT2D eigenvalue weighted by atomic mass is 10.1. The standard InChI is InChI=1S/C10H8ClF3N2O2/c1-17-8-5-16-7(4-11)9(6(8)2-3-15)18-10(12,13)14/h5H,2,4H2,1H3. The third kappa shape index (κ3) is 3.40. The minimum Gasteiger partial charge on any atom is -0.495 e. The van der Waals surface area contributed by atoms with Crippen LogP contribution in [0.1, 0.15) is 11.3 Å². The van der Waals surface area contributed by atoms with E-state index in [-0.39, 0.29) is 29.3 Å². The molecular weight excluding hydrogens is 273 g/mol. The Bertz CT molecular complexity index is 471. The van der Waals surface area contributed by atoms with Crippen molar-refractivity contribution >= 4 is 11.6 Å². The molecule has 0 aromatic carbocycles. The van der Waals surface area contributed by atoms with Gasteiger partial charge in [-0.1, -0.05) is 0 Å². The van der Waals surface area contributed by atoms with Crippen molar-refractivity contribution in [2.24, 2.45) is 0 Å². The number of rotatable bonds is 4. The van der Waals surface area contributed by atoms with E-state index in [4.69, 9.17) is 21.6 Å². The van der Waals surface area contributed by atoms with Crippen molar-refractivity contribution in [1.29, 1.82) is 5.26 Å². The van der Waals surface area contributed by atoms with Crippen LogP contribution in [0.3, 0.4) is 0 Å². The molecule has 0 unspecified atom stereocenters. The van der Waals surface area contributed by atoms with E-state index in [9.17, 15) is 13.2 Å². The highest BCUT2D eigenvalue weighted by Crippen LogP contribution is 2.35. The molecule has 98 valence electrons. The Kier molecular flexibility index (Phi) is 4.62. The van der Waals surface area contributed by atoms with Crippen LogP contribution < -0.4 is 9.47 Å². The zero-order valence-corrected chi connectivity index (χ0v) is 9.97. The Labute approximate surface area is 106 Å². The first kappa shape index (κ1) is 14.4. The fourth-order valence-electron chi connectivity index (χ4n) is 1.31. The van der Waals surface area contributed by atoms with Gasteiger partial charge in [-0.3, -0.25) is 4.98 Å². The van der Waals surface area contributed by atoms with Crippen molar-refractivity contribution in [3.05, 3.63) is 17.5 Å². The Morgan fingerprint density at radius 1 is 1.50 bits per heavy atom. The van der Waals surface area contributed by atoms with Crippen LogP contribution in [-0.2, 0) is 12.3 Å². The number of pyridine rings is 1. The van der Waals surface area contributed by atoms with Gasteiger partial charge in [-0.05, 0) is 0 Å². The van der Waals surface area contributed by atoms with Crippen LogP contribution in [-0.4, -0.2) is 18.5 Å². The van der Waals surface area contributed by atoms with E-state index in [1.54, 1.807) is 6.07 Å². The second-order valence-corrected chi connectivity index (χ2v) is 3.36. The fourth-order valence-corrected chi connectivity index (χ4v) is 1.50. The Morgan fingerprint density at radius 3 is 2.61 bits per heavy atom. The normalized spacial score (nSPS) is 10.9. The van der Waals surface area contributed by atoms with Crippen molar-refractivity contribution in [2.45, 2.75) is 18.7 Å². The largest absolute Gasteiger partial charge is 0.573 e. The van der Waals surface area contributed by atoms with Gasteiger partial charge >= 0.3 is 6.36 Å². The molecule has 0 aliphatic rings. The average Bonchev–Trinajstić information content (AvgIpc) is 2.29. The van der Waals surface area contributed by atoms with Crippen molar-refractivity contribution < 1.29 is 22.6 Å². The molecule has 1 rings (SSSR count). The van der Waals surface area contributed by atoms with Gasteiger partial charge < -0.3 is 9.47 Å². The number of alkyl halides is 4. The minimum absolute atomic E-state index is 0.0250. The predicted octanol–water partition coefficient (Wildman–Crippen LogP) is 2.79. The van der Waals surface area contributed by atoms with Crippen LogP contribution in [0.2, 0.25) is 0 Å². The van der Waals surface area contributed by atoms with Crippen LogP contribution in [0, 0.1) is 11.3 Å². The van der Waals surface area contributed by atoms with Gasteiger partial charge in [0.2, 0.25) is 0 Å². The lowest BCUT2D eigenvalue weighted by Gasteiger charge is -2.16. The summed E-state index contributed by atoms with van der Waals surface area (Å²) in [6, 6.07) is 1.74. The SMILES string of the molecule is COc1cnc(CCl)c(OC(F)(F)F)c1CC#N. The smallest absolute Gasteiger partial charge is 0.495 e. The summed E-state index contributed by atoms with van der Waals surface area (Å²) in [5.41, 5.74) is -0.122. The summed E-state index contributed by atoms with van der Waals surface area (Å²) in [5, 5.41) is 8.63. The van der Waals surface area contributed by atoms with Gasteiger partial charge in [0.05, 0.1) is 42.9 Å². The predicted molar refractivity (Wildman–Crippen MR) is 56.3 cm³/mol. The van der Waals surface area contributed by atoms with E-state index in [0.29, 0.717) is 0 Å². The number of nitrogens with zero attached hydrogens (tertiary/aromatic N) is 2. The Balaban J connectivity index is 3.36. The van der Waals surface area contributed by atoms with Gasteiger partial charge in [-0.25, -0.2) is 0 Å². The molecule has 0 aliphatic heterocycles. The number of hydrogen-bond acceptors (Lipinski definition) is 4. The third-order valence-corrected chi connectivity index (χ3v) is 2.24. The van der Waals surface area contributed by atoms with E-state index in [1.807, 2.05) is 0 Å². The zero-order chi connectivity index (χ0) is 13.8. The molecule has 18 heavy (non-hydrogen) atoms. The molecule has 0 bridgehead atoms. The van der Waals surface area contributed by atoms with Crippen molar-refractivity contribution in [3.8, 4) is 17.6 Å². The van der Waals surface area contributed by atoms with Gasteiger partial charge in [-0.15, -0.1) is 24.8 Å². The quantitative estimate of drug-likeness (QED) is 0.796. The Morgan fingerprint density at radius 2 is 2.17 bits per heavy atom. The van der Waals surface area contributed by atoms with E-state index in [1.165, 1.54) is 13.3 Å². The monoisotopic (exact) mass is 280 g/mol. The lowest BCUT2D eigenvalue weighted by molar-refractivity contribution is -0.275. The summed E-state index contributed by atoms with van der Waals surface area (Å²) >= 11 is 5.50. The van der Waals surface area contributed by atoms with E-state index in [2.05, 4.69) is 9.72 Å². The molecule has 1 aromatic heterocycles. The van der Waals surface area contributed by atoms with Gasteiger partial charge in [0.25, 0.3) is 0 Å². The second-order valence-electron chi connectivity index (χ2n) is 3.10. The molecule has 0 saturated carbocycles. The maximum atomic E-state index is 12.3. The number of methoxy groups -OCH3 is 1. The third-order valence-electron chi connectivity index (χ3n) is 1.99. The minimum atomic E-state index is -4.89. The van der Waals surface area contributed by atoms with Gasteiger partial charge in [0.15, 0.2) is 5.75 Å². The summed E-state index contributed by atoms with van der Waals surface area (Å²) in [7, 11) is 1.26. The molecule has 0 spiro atoms. The Hall–Kier alpha value is -1.68. The van der Waals surface area contributed by atoms with Crippen LogP contribution in [0.25, 0.3) is 0 Å². The summed E-state index contributed by atoms with van der Waals surface area (Å²) in [6.07, 6.45) is -3.99. The summed E-state index contributed by atoms with van der Waals surface area (Å²) in [5.74, 6) is -0.795. The second kappa shape index (κ2) is 5.78. The molecule has 1 aromatic rings. The van der Waals surface area contributed by atoms with E-state index in [0.717, 1.165) is 0 Å². The van der Waals surface area contributed by atoms with E-state index >= 15 is 0 Å². The van der Waals surface area contributed by atoms with Gasteiger partial charge in [0.1, 0.15) is 5.75 Å². The van der Waals surface area contributed by atoms with Crippen LogP contribution >= 0.6 is 11.6 Å². The highest BCUT2D eigenvalue weighted by molar-refractivity contribution is 6.17. The zero-order valence-electron chi connectivity index (χ0n) is 9.21. The fraction of sp³-hybridized carbons (Fsp3) is 0.400. The van der Waals surface area contributed by atoms with Crippen molar-refractivity contribution in [1.82, 2.24) is 4.98 Å². The molecule has 0 amide bonds. The molecule has 1 heterocycles. The lowest BCUT2D eigenvalue weighted by Crippen LogP contribution is -2.20. The molecule has 0 radical (unpaired) electrons. The highest BCUT2D eigenvalue weighted by Gasteiger charge is 2.34. The molecule has 0 saturated heterocycles. The first-order chi connectivity index (χ1) is 8.42. The highest BCUT2D eigenvalue weighted by atomic mass is 35.5. The molecule has 0 aliphatic carbocycles. The molecule has 0 N–H and O–H groups in total. The van der Waals surface area contributed by atoms with Crippen LogP contribution in [0.4, 0.5) is 13.2 Å². The molecule has 8 heteroatoms. The summed E-state index contributed by atoms with van der Waals surface area (Å²) in [4.78, 5) is 3.70. The summed E-state index contributed by atoms with van der Waals surface area (Å²) in [6.45, 7) is 0. The van der Waals surface area contributed by atoms with Gasteiger partial charge in [0, 0.05) is 0 Å².